The van der Waals surface area contributed by atoms with E-state index in [-0.39, 0.29) is 0 Å². The molecular weight excluding hydrogens is 226 g/mol. The molecule has 0 aromatic carbocycles. The van der Waals surface area contributed by atoms with E-state index in [0.29, 0.717) is 24.3 Å². The average Bonchev–Trinajstić information content (AvgIpc) is 2.98. The van der Waals surface area contributed by atoms with Crippen LogP contribution in [0.3, 0.4) is 0 Å². The van der Waals surface area contributed by atoms with E-state index in [9.17, 15) is 5.11 Å². The van der Waals surface area contributed by atoms with Crippen molar-refractivity contribution in [2.24, 2.45) is 5.92 Å². The monoisotopic (exact) mass is 251 g/mol. The molecule has 2 N–H and O–H groups in total. The molecular formula is C15H25NO2. The molecule has 0 radical (unpaired) electrons. The summed E-state index contributed by atoms with van der Waals surface area (Å²) in [5, 5.41) is 13.7. The molecule has 1 heterocycles. The summed E-state index contributed by atoms with van der Waals surface area (Å²) in [6.45, 7) is 4.42. The second kappa shape index (κ2) is 6.39. The van der Waals surface area contributed by atoms with Crippen molar-refractivity contribution in [3.63, 3.8) is 0 Å². The Morgan fingerprint density at radius 2 is 2.33 bits per heavy atom. The Bertz CT molecular complexity index is 336. The molecule has 0 saturated heterocycles. The van der Waals surface area contributed by atoms with E-state index >= 15 is 0 Å². The Morgan fingerprint density at radius 3 is 2.94 bits per heavy atom. The van der Waals surface area contributed by atoms with Gasteiger partial charge in [-0.25, -0.2) is 0 Å². The fraction of sp³-hybridized carbons (Fsp3) is 0.733. The Kier molecular flexibility index (Phi) is 4.84. The van der Waals surface area contributed by atoms with Gasteiger partial charge in [0.25, 0.3) is 0 Å². The Morgan fingerprint density at radius 1 is 1.50 bits per heavy atom. The summed E-state index contributed by atoms with van der Waals surface area (Å²) >= 11 is 0. The van der Waals surface area contributed by atoms with Gasteiger partial charge < -0.3 is 14.8 Å². The van der Waals surface area contributed by atoms with E-state index in [0.717, 1.165) is 5.92 Å². The molecule has 1 saturated carbocycles. The predicted molar refractivity (Wildman–Crippen MR) is 72.3 cm³/mol. The van der Waals surface area contributed by atoms with Gasteiger partial charge in [-0.3, -0.25) is 0 Å². The van der Waals surface area contributed by atoms with E-state index < -0.39 is 6.10 Å². The zero-order chi connectivity index (χ0) is 13.0. The van der Waals surface area contributed by atoms with E-state index in [4.69, 9.17) is 4.42 Å². The predicted octanol–water partition coefficient (Wildman–Crippen LogP) is 3.26. The van der Waals surface area contributed by atoms with Gasteiger partial charge in [-0.05, 0) is 50.7 Å². The minimum atomic E-state index is -0.495. The second-order valence-electron chi connectivity index (χ2n) is 5.62. The zero-order valence-corrected chi connectivity index (χ0v) is 11.4. The molecule has 0 aliphatic heterocycles. The van der Waals surface area contributed by atoms with Crippen LogP contribution in [0.2, 0.25) is 0 Å². The summed E-state index contributed by atoms with van der Waals surface area (Å²) in [7, 11) is 0. The van der Waals surface area contributed by atoms with Crippen LogP contribution < -0.4 is 5.32 Å². The lowest BCUT2D eigenvalue weighted by Gasteiger charge is -2.21. The van der Waals surface area contributed by atoms with Crippen LogP contribution in [0.15, 0.2) is 22.8 Å². The van der Waals surface area contributed by atoms with Crippen molar-refractivity contribution in [2.45, 2.75) is 64.1 Å². The number of rotatable bonds is 6. The summed E-state index contributed by atoms with van der Waals surface area (Å²) in [6, 6.07) is 4.61. The van der Waals surface area contributed by atoms with Crippen molar-refractivity contribution in [2.75, 3.05) is 0 Å². The highest BCUT2D eigenvalue weighted by molar-refractivity contribution is 5.02. The Hall–Kier alpha value is -0.800. The van der Waals surface area contributed by atoms with Gasteiger partial charge in [0.2, 0.25) is 0 Å². The maximum absolute atomic E-state index is 10.0. The van der Waals surface area contributed by atoms with Crippen molar-refractivity contribution in [3.05, 3.63) is 24.2 Å². The van der Waals surface area contributed by atoms with Crippen molar-refractivity contribution in [3.8, 4) is 0 Å². The van der Waals surface area contributed by atoms with E-state index in [2.05, 4.69) is 19.2 Å². The quantitative estimate of drug-likeness (QED) is 0.815. The molecule has 3 heteroatoms. The lowest BCUT2D eigenvalue weighted by molar-refractivity contribution is 0.126. The molecule has 0 spiro atoms. The van der Waals surface area contributed by atoms with Gasteiger partial charge in [0.15, 0.2) is 0 Å². The third-order valence-electron chi connectivity index (χ3n) is 4.09. The van der Waals surface area contributed by atoms with E-state index in [1.807, 2.05) is 12.1 Å². The van der Waals surface area contributed by atoms with Crippen LogP contribution in [0.1, 0.15) is 57.8 Å². The Labute approximate surface area is 110 Å². The van der Waals surface area contributed by atoms with Crippen molar-refractivity contribution < 1.29 is 9.52 Å². The first-order valence-corrected chi connectivity index (χ1v) is 7.16. The number of hydrogen-bond donors (Lipinski definition) is 2. The standard InChI is InChI=1S/C15H25NO2/c1-3-12-6-7-13(10-12)16-11(2)9-14(17)15-5-4-8-18-15/h4-5,8,11-14,16-17H,3,6-7,9-10H2,1-2H3. The number of aliphatic hydroxyl groups is 1. The molecule has 102 valence electrons. The van der Waals surface area contributed by atoms with Gasteiger partial charge in [-0.15, -0.1) is 0 Å². The highest BCUT2D eigenvalue weighted by Gasteiger charge is 2.25. The van der Waals surface area contributed by atoms with Crippen LogP contribution in [0.4, 0.5) is 0 Å². The minimum absolute atomic E-state index is 0.325. The van der Waals surface area contributed by atoms with Crippen molar-refractivity contribution >= 4 is 0 Å². The number of aliphatic hydroxyl groups excluding tert-OH is 1. The molecule has 1 aliphatic carbocycles. The minimum Gasteiger partial charge on any atom is -0.467 e. The highest BCUT2D eigenvalue weighted by atomic mass is 16.4. The summed E-state index contributed by atoms with van der Waals surface area (Å²) in [5.74, 6) is 1.56. The normalized spacial score (nSPS) is 27.3. The van der Waals surface area contributed by atoms with Crippen LogP contribution in [0, 0.1) is 5.92 Å². The van der Waals surface area contributed by atoms with Crippen LogP contribution in [-0.2, 0) is 0 Å². The maximum atomic E-state index is 10.0. The lowest BCUT2D eigenvalue weighted by atomic mass is 10.0. The van der Waals surface area contributed by atoms with Crippen molar-refractivity contribution in [1.82, 2.24) is 5.32 Å². The first-order chi connectivity index (χ1) is 8.69. The second-order valence-corrected chi connectivity index (χ2v) is 5.62. The molecule has 1 fully saturated rings. The fourth-order valence-corrected chi connectivity index (χ4v) is 3.00. The van der Waals surface area contributed by atoms with Crippen LogP contribution >= 0.6 is 0 Å². The smallest absolute Gasteiger partial charge is 0.132 e. The molecule has 4 atom stereocenters. The topological polar surface area (TPSA) is 45.4 Å². The first kappa shape index (κ1) is 13.6. The third-order valence-corrected chi connectivity index (χ3v) is 4.09. The summed E-state index contributed by atoms with van der Waals surface area (Å²) in [6.07, 6.45) is 7.03. The molecule has 18 heavy (non-hydrogen) atoms. The molecule has 3 nitrogen and oxygen atoms in total. The molecule has 1 aliphatic rings. The van der Waals surface area contributed by atoms with Gasteiger partial charge in [0.05, 0.1) is 6.26 Å². The van der Waals surface area contributed by atoms with Gasteiger partial charge in [0, 0.05) is 12.1 Å². The zero-order valence-electron chi connectivity index (χ0n) is 11.4. The Balaban J connectivity index is 1.74. The van der Waals surface area contributed by atoms with Crippen LogP contribution in [-0.4, -0.2) is 17.2 Å². The number of furan rings is 1. The van der Waals surface area contributed by atoms with Crippen LogP contribution in [0.5, 0.6) is 0 Å². The number of hydrogen-bond acceptors (Lipinski definition) is 3. The lowest BCUT2D eigenvalue weighted by Crippen LogP contribution is -2.35. The summed E-state index contributed by atoms with van der Waals surface area (Å²) in [4.78, 5) is 0. The fourth-order valence-electron chi connectivity index (χ4n) is 3.00. The van der Waals surface area contributed by atoms with E-state index in [1.54, 1.807) is 6.26 Å². The van der Waals surface area contributed by atoms with Gasteiger partial charge >= 0.3 is 0 Å². The van der Waals surface area contributed by atoms with E-state index in [1.165, 1.54) is 25.7 Å². The maximum Gasteiger partial charge on any atom is 0.132 e. The molecule has 0 amide bonds. The molecule has 1 aromatic rings. The van der Waals surface area contributed by atoms with Gasteiger partial charge in [0.1, 0.15) is 11.9 Å². The average molecular weight is 251 g/mol. The highest BCUT2D eigenvalue weighted by Crippen LogP contribution is 2.28. The third kappa shape index (κ3) is 3.59. The first-order valence-electron chi connectivity index (χ1n) is 7.16. The summed E-state index contributed by atoms with van der Waals surface area (Å²) in [5.41, 5.74) is 0. The van der Waals surface area contributed by atoms with Crippen molar-refractivity contribution in [1.29, 1.82) is 0 Å². The molecule has 4 unspecified atom stereocenters. The molecule has 2 rings (SSSR count). The van der Waals surface area contributed by atoms with Gasteiger partial charge in [-0.1, -0.05) is 13.3 Å². The van der Waals surface area contributed by atoms with Gasteiger partial charge in [-0.2, -0.15) is 0 Å². The summed E-state index contributed by atoms with van der Waals surface area (Å²) < 4.78 is 5.22. The molecule has 1 aromatic heterocycles. The number of nitrogens with one attached hydrogen (secondary N) is 1. The SMILES string of the molecule is CCC1CCC(NC(C)CC(O)c2ccco2)C1. The molecule has 0 bridgehead atoms. The van der Waals surface area contributed by atoms with Crippen LogP contribution in [0.25, 0.3) is 0 Å². The largest absolute Gasteiger partial charge is 0.467 e.